The number of amides is 1. The molecular formula is C17H17ClN6O. The van der Waals surface area contributed by atoms with Crippen LogP contribution in [0.15, 0.2) is 54.9 Å². The van der Waals surface area contributed by atoms with E-state index in [4.69, 9.17) is 11.6 Å². The second-order valence-electron chi connectivity index (χ2n) is 5.27. The van der Waals surface area contributed by atoms with Crippen LogP contribution in [0.25, 0.3) is 5.82 Å². The molecule has 8 heteroatoms. The van der Waals surface area contributed by atoms with Gasteiger partial charge in [0.05, 0.1) is 6.42 Å². The van der Waals surface area contributed by atoms with Gasteiger partial charge < -0.3 is 10.6 Å². The Labute approximate surface area is 150 Å². The monoisotopic (exact) mass is 356 g/mol. The number of carbonyl (C=O) groups excluding carboxylic acids is 1. The number of rotatable bonds is 7. The highest BCUT2D eigenvalue weighted by Gasteiger charge is 2.06. The average molecular weight is 357 g/mol. The van der Waals surface area contributed by atoms with E-state index in [0.29, 0.717) is 29.7 Å². The summed E-state index contributed by atoms with van der Waals surface area (Å²) in [6.07, 6.45) is 3.74. The van der Waals surface area contributed by atoms with Crippen LogP contribution in [0.5, 0.6) is 0 Å². The molecule has 0 aliphatic carbocycles. The summed E-state index contributed by atoms with van der Waals surface area (Å²) in [5.41, 5.74) is 0.815. The van der Waals surface area contributed by atoms with Crippen LogP contribution in [-0.2, 0) is 11.2 Å². The Morgan fingerprint density at radius 3 is 2.68 bits per heavy atom. The maximum Gasteiger partial charge on any atom is 0.224 e. The van der Waals surface area contributed by atoms with Crippen LogP contribution in [0.2, 0.25) is 5.02 Å². The Morgan fingerprint density at radius 2 is 1.96 bits per heavy atom. The maximum absolute atomic E-state index is 11.9. The Morgan fingerprint density at radius 1 is 1.08 bits per heavy atom. The summed E-state index contributed by atoms with van der Waals surface area (Å²) in [6.45, 7) is 1.02. The molecule has 1 aromatic carbocycles. The van der Waals surface area contributed by atoms with Crippen LogP contribution >= 0.6 is 11.6 Å². The summed E-state index contributed by atoms with van der Waals surface area (Å²) in [5.74, 6) is 1.20. The molecule has 0 spiro atoms. The van der Waals surface area contributed by atoms with Gasteiger partial charge in [-0.15, -0.1) is 10.2 Å². The van der Waals surface area contributed by atoms with Gasteiger partial charge in [-0.1, -0.05) is 29.8 Å². The van der Waals surface area contributed by atoms with Crippen molar-refractivity contribution >= 4 is 23.3 Å². The van der Waals surface area contributed by atoms with Crippen LogP contribution in [0, 0.1) is 0 Å². The number of carbonyl (C=O) groups is 1. The van der Waals surface area contributed by atoms with Crippen LogP contribution in [0.1, 0.15) is 5.56 Å². The molecule has 128 valence electrons. The molecule has 0 saturated heterocycles. The topological polar surface area (TPSA) is 84.7 Å². The molecule has 0 fully saturated rings. The second-order valence-corrected chi connectivity index (χ2v) is 5.68. The van der Waals surface area contributed by atoms with Crippen LogP contribution in [0.4, 0.5) is 5.82 Å². The lowest BCUT2D eigenvalue weighted by atomic mass is 10.1. The molecule has 2 aromatic heterocycles. The Hall–Kier alpha value is -2.93. The van der Waals surface area contributed by atoms with Gasteiger partial charge in [-0.2, -0.15) is 5.10 Å². The molecule has 0 radical (unpaired) electrons. The van der Waals surface area contributed by atoms with Gasteiger partial charge in [0.2, 0.25) is 5.91 Å². The summed E-state index contributed by atoms with van der Waals surface area (Å²) in [6, 6.07) is 12.8. The number of hydrogen-bond donors (Lipinski definition) is 2. The van der Waals surface area contributed by atoms with Gasteiger partial charge in [0.1, 0.15) is 5.82 Å². The Balaban J connectivity index is 1.41. The van der Waals surface area contributed by atoms with Crippen LogP contribution in [-0.4, -0.2) is 39.0 Å². The minimum absolute atomic E-state index is 0.0741. The van der Waals surface area contributed by atoms with Gasteiger partial charge in [0, 0.05) is 30.5 Å². The lowest BCUT2D eigenvalue weighted by Crippen LogP contribution is -2.30. The van der Waals surface area contributed by atoms with Crippen LogP contribution < -0.4 is 10.6 Å². The van der Waals surface area contributed by atoms with Crippen molar-refractivity contribution < 1.29 is 4.79 Å². The Kier molecular flexibility index (Phi) is 5.58. The zero-order chi connectivity index (χ0) is 17.5. The zero-order valence-electron chi connectivity index (χ0n) is 13.4. The summed E-state index contributed by atoms with van der Waals surface area (Å²) in [4.78, 5) is 11.9. The molecule has 0 unspecified atom stereocenters. The largest absolute Gasteiger partial charge is 0.367 e. The van der Waals surface area contributed by atoms with Gasteiger partial charge >= 0.3 is 0 Å². The normalized spacial score (nSPS) is 10.4. The van der Waals surface area contributed by atoms with Crippen molar-refractivity contribution in [2.45, 2.75) is 6.42 Å². The summed E-state index contributed by atoms with van der Waals surface area (Å²) >= 11 is 6.05. The fourth-order valence-electron chi connectivity index (χ4n) is 2.22. The quantitative estimate of drug-likeness (QED) is 0.633. The second kappa shape index (κ2) is 8.25. The molecular weight excluding hydrogens is 340 g/mol. The molecule has 0 aliphatic rings. The zero-order valence-corrected chi connectivity index (χ0v) is 14.1. The van der Waals surface area contributed by atoms with E-state index in [1.165, 1.54) is 0 Å². The number of benzene rings is 1. The SMILES string of the molecule is O=C(Cc1ccccc1Cl)NCCNc1ccc(-n2cccn2)nn1. The van der Waals surface area contributed by atoms with E-state index < -0.39 is 0 Å². The fraction of sp³-hybridized carbons (Fsp3) is 0.176. The number of aromatic nitrogens is 4. The first-order chi connectivity index (χ1) is 12.2. The molecule has 0 aliphatic heterocycles. The van der Waals surface area contributed by atoms with Crippen molar-refractivity contribution in [1.82, 2.24) is 25.3 Å². The van der Waals surface area contributed by atoms with E-state index in [2.05, 4.69) is 25.9 Å². The molecule has 0 saturated carbocycles. The Bertz CT molecular complexity index is 819. The van der Waals surface area contributed by atoms with Gasteiger partial charge in [-0.25, -0.2) is 4.68 Å². The first-order valence-corrected chi connectivity index (χ1v) is 8.18. The van der Waals surface area contributed by atoms with Crippen molar-refractivity contribution in [3.05, 3.63) is 65.4 Å². The summed E-state index contributed by atoms with van der Waals surface area (Å²) < 4.78 is 1.63. The van der Waals surface area contributed by atoms with Crippen molar-refractivity contribution in [1.29, 1.82) is 0 Å². The molecule has 0 atom stereocenters. The van der Waals surface area contributed by atoms with Gasteiger partial charge in [0.15, 0.2) is 5.82 Å². The molecule has 7 nitrogen and oxygen atoms in total. The number of hydrogen-bond acceptors (Lipinski definition) is 5. The standard InChI is InChI=1S/C17H17ClN6O/c18-14-5-2-1-4-13(14)12-17(25)20-10-9-19-15-6-7-16(23-22-15)24-11-3-8-21-24/h1-8,11H,9-10,12H2,(H,19,22)(H,20,25). The van der Waals surface area contributed by atoms with E-state index in [0.717, 1.165) is 5.56 Å². The summed E-state index contributed by atoms with van der Waals surface area (Å²) in [7, 11) is 0. The highest BCUT2D eigenvalue weighted by atomic mass is 35.5. The van der Waals surface area contributed by atoms with E-state index >= 15 is 0 Å². The fourth-order valence-corrected chi connectivity index (χ4v) is 2.42. The van der Waals surface area contributed by atoms with Crippen molar-refractivity contribution in [2.24, 2.45) is 0 Å². The maximum atomic E-state index is 11.9. The molecule has 0 bridgehead atoms. The molecule has 3 rings (SSSR count). The minimum atomic E-state index is -0.0741. The van der Waals surface area contributed by atoms with E-state index in [1.54, 1.807) is 23.1 Å². The predicted octanol–water partition coefficient (Wildman–Crippen LogP) is 2.09. The molecule has 2 heterocycles. The third-order valence-electron chi connectivity index (χ3n) is 3.45. The van der Waals surface area contributed by atoms with E-state index in [9.17, 15) is 4.79 Å². The number of nitrogens with one attached hydrogen (secondary N) is 2. The molecule has 1 amide bonds. The lowest BCUT2D eigenvalue weighted by molar-refractivity contribution is -0.120. The molecule has 3 aromatic rings. The van der Waals surface area contributed by atoms with E-state index in [1.807, 2.05) is 36.4 Å². The first kappa shape index (κ1) is 16.9. The average Bonchev–Trinajstić information content (AvgIpc) is 3.16. The third-order valence-corrected chi connectivity index (χ3v) is 3.82. The predicted molar refractivity (Wildman–Crippen MR) is 95.8 cm³/mol. The van der Waals surface area contributed by atoms with E-state index in [-0.39, 0.29) is 12.3 Å². The third kappa shape index (κ3) is 4.77. The lowest BCUT2D eigenvalue weighted by Gasteiger charge is -2.08. The molecule has 25 heavy (non-hydrogen) atoms. The smallest absolute Gasteiger partial charge is 0.224 e. The van der Waals surface area contributed by atoms with Gasteiger partial charge in [-0.05, 0) is 29.8 Å². The van der Waals surface area contributed by atoms with Gasteiger partial charge in [0.25, 0.3) is 0 Å². The van der Waals surface area contributed by atoms with Crippen molar-refractivity contribution in [3.8, 4) is 5.82 Å². The highest BCUT2D eigenvalue weighted by molar-refractivity contribution is 6.31. The number of anilines is 1. The van der Waals surface area contributed by atoms with Crippen molar-refractivity contribution in [3.63, 3.8) is 0 Å². The molecule has 2 N–H and O–H groups in total. The van der Waals surface area contributed by atoms with Crippen LogP contribution in [0.3, 0.4) is 0 Å². The first-order valence-electron chi connectivity index (χ1n) is 7.80. The number of nitrogens with zero attached hydrogens (tertiary/aromatic N) is 4. The minimum Gasteiger partial charge on any atom is -0.367 e. The number of halogens is 1. The van der Waals surface area contributed by atoms with Gasteiger partial charge in [-0.3, -0.25) is 4.79 Å². The highest BCUT2D eigenvalue weighted by Crippen LogP contribution is 2.15. The summed E-state index contributed by atoms with van der Waals surface area (Å²) in [5, 5.41) is 18.8. The van der Waals surface area contributed by atoms with Crippen molar-refractivity contribution in [2.75, 3.05) is 18.4 Å².